The number of rotatable bonds is 10. The molecule has 1 aromatic rings. The van der Waals surface area contributed by atoms with Crippen molar-refractivity contribution in [2.24, 2.45) is 22.2 Å². The van der Waals surface area contributed by atoms with Gasteiger partial charge in [0.05, 0.1) is 18.3 Å². The van der Waals surface area contributed by atoms with Crippen LogP contribution in [0.1, 0.15) is 71.8 Å². The average Bonchev–Trinajstić information content (AvgIpc) is 3.51. The summed E-state index contributed by atoms with van der Waals surface area (Å²) in [5, 5.41) is 10.3. The number of primary amides is 1. The van der Waals surface area contributed by atoms with Crippen molar-refractivity contribution in [3.05, 3.63) is 34.9 Å². The van der Waals surface area contributed by atoms with Gasteiger partial charge in [-0.3, -0.25) is 24.0 Å². The van der Waals surface area contributed by atoms with Crippen molar-refractivity contribution in [2.45, 2.75) is 89.9 Å². The molecule has 1 aliphatic carbocycles. The second-order valence-corrected chi connectivity index (χ2v) is 12.8. The Balaban J connectivity index is 1.63. The predicted molar refractivity (Wildman–Crippen MR) is 152 cm³/mol. The minimum absolute atomic E-state index is 0.0309. The zero-order chi connectivity index (χ0) is 30.1. The van der Waals surface area contributed by atoms with Gasteiger partial charge in [0.15, 0.2) is 5.60 Å². The number of hydrogen-bond acceptors (Lipinski definition) is 7. The smallest absolute Gasteiger partial charge is 0.287 e. The molecule has 11 nitrogen and oxygen atoms in total. The number of carbonyl (C=O) groups excluding carboxylic acids is 5. The number of likely N-dealkylation sites (tertiary alicyclic amines) is 1. The van der Waals surface area contributed by atoms with Crippen LogP contribution >= 0.6 is 11.6 Å². The highest BCUT2D eigenvalue weighted by molar-refractivity contribution is 6.37. The number of amides is 4. The summed E-state index contributed by atoms with van der Waals surface area (Å²) >= 11 is 6.17. The molecular formula is C29H38ClN5O6. The van der Waals surface area contributed by atoms with E-state index in [0.29, 0.717) is 23.6 Å². The van der Waals surface area contributed by atoms with Gasteiger partial charge in [-0.15, -0.1) is 0 Å². The number of nitrogens with two attached hydrogens (primary N) is 1. The summed E-state index contributed by atoms with van der Waals surface area (Å²) in [5.74, 6) is -3.12. The number of nitrogens with one attached hydrogen (secondary N) is 2. The highest BCUT2D eigenvalue weighted by Crippen LogP contribution is 2.40. The van der Waals surface area contributed by atoms with Gasteiger partial charge in [-0.1, -0.05) is 69.4 Å². The normalized spacial score (nSPS) is 23.4. The predicted octanol–water partition coefficient (Wildman–Crippen LogP) is 2.08. The van der Waals surface area contributed by atoms with Gasteiger partial charge < -0.3 is 26.1 Å². The number of oxime groups is 1. The van der Waals surface area contributed by atoms with Crippen LogP contribution in [0.3, 0.4) is 0 Å². The number of benzene rings is 1. The Labute approximate surface area is 244 Å². The van der Waals surface area contributed by atoms with Crippen molar-refractivity contribution in [3.63, 3.8) is 0 Å². The lowest BCUT2D eigenvalue weighted by atomic mass is 9.85. The van der Waals surface area contributed by atoms with Crippen LogP contribution in [-0.2, 0) is 28.8 Å². The summed E-state index contributed by atoms with van der Waals surface area (Å²) in [4.78, 5) is 71.9. The maximum atomic E-state index is 14.1. The quantitative estimate of drug-likeness (QED) is 0.355. The summed E-state index contributed by atoms with van der Waals surface area (Å²) in [6.45, 7) is 7.21. The molecule has 4 amide bonds. The second kappa shape index (κ2) is 11.8. The zero-order valence-electron chi connectivity index (χ0n) is 23.9. The number of hydrogen-bond donors (Lipinski definition) is 3. The molecule has 1 aromatic carbocycles. The minimum Gasteiger partial charge on any atom is -0.387 e. The van der Waals surface area contributed by atoms with Crippen LogP contribution < -0.4 is 16.4 Å². The van der Waals surface area contributed by atoms with Gasteiger partial charge in [-0.05, 0) is 29.9 Å². The molecule has 222 valence electrons. The molecule has 0 radical (unpaired) electrons. The molecule has 1 saturated carbocycles. The molecule has 4 N–H and O–H groups in total. The van der Waals surface area contributed by atoms with Crippen LogP contribution in [0.4, 0.5) is 0 Å². The molecule has 0 aromatic heterocycles. The van der Waals surface area contributed by atoms with Gasteiger partial charge in [0, 0.05) is 29.8 Å². The lowest BCUT2D eigenvalue weighted by molar-refractivity contribution is -0.145. The van der Waals surface area contributed by atoms with Crippen molar-refractivity contribution < 1.29 is 28.8 Å². The molecule has 1 spiro atoms. The Bertz CT molecular complexity index is 1270. The molecule has 4 atom stereocenters. The average molecular weight is 588 g/mol. The summed E-state index contributed by atoms with van der Waals surface area (Å²) in [7, 11) is 0. The molecule has 1 saturated heterocycles. The third-order valence-corrected chi connectivity index (χ3v) is 8.10. The number of ketones is 1. The summed E-state index contributed by atoms with van der Waals surface area (Å²) in [6, 6.07) is 4.11. The lowest BCUT2D eigenvalue weighted by Crippen LogP contribution is -2.59. The van der Waals surface area contributed by atoms with E-state index in [-0.39, 0.29) is 31.2 Å². The van der Waals surface area contributed by atoms with E-state index in [0.717, 1.165) is 18.4 Å². The van der Waals surface area contributed by atoms with Crippen LogP contribution in [0.2, 0.25) is 5.02 Å². The highest BCUT2D eigenvalue weighted by Gasteiger charge is 2.55. The van der Waals surface area contributed by atoms with Gasteiger partial charge >= 0.3 is 0 Å². The first-order chi connectivity index (χ1) is 19.2. The van der Waals surface area contributed by atoms with E-state index in [1.54, 1.807) is 25.1 Å². The Morgan fingerprint density at radius 1 is 1.20 bits per heavy atom. The summed E-state index contributed by atoms with van der Waals surface area (Å²) < 4.78 is 0. The Kier molecular flexibility index (Phi) is 8.77. The third kappa shape index (κ3) is 7.06. The van der Waals surface area contributed by atoms with Crippen molar-refractivity contribution in [1.82, 2.24) is 15.5 Å². The van der Waals surface area contributed by atoms with Crippen molar-refractivity contribution in [1.29, 1.82) is 0 Å². The zero-order valence-corrected chi connectivity index (χ0v) is 24.6. The first-order valence-corrected chi connectivity index (χ1v) is 14.4. The van der Waals surface area contributed by atoms with Gasteiger partial charge in [-0.25, -0.2) is 0 Å². The van der Waals surface area contributed by atoms with Crippen molar-refractivity contribution in [2.75, 3.05) is 6.54 Å². The largest absolute Gasteiger partial charge is 0.387 e. The fourth-order valence-electron chi connectivity index (χ4n) is 5.39. The van der Waals surface area contributed by atoms with Crippen LogP contribution in [0.5, 0.6) is 0 Å². The van der Waals surface area contributed by atoms with Crippen molar-refractivity contribution in [3.8, 4) is 0 Å². The standard InChI is InChI=1S/C29H38ClN5O6/c1-5-22(36)33-24(28(2,3)4)27(40)35-15-29(13-20(34-41-29)17-7-6-8-18(30)12-17)14-21(35)26(39)32-19(11-16-9-10-16)23(37)25(31)38/h6-8,12,16,19,21,24H,5,9-11,13-15H2,1-4H3,(H2,31,38)(H,32,39)(H,33,36)/t19-,21-,24+,29+/m0/s1. The SMILES string of the molecule is CCC(=O)N[C@H](C(=O)N1C[C@@]2(CC(c3cccc(Cl)c3)=NO2)C[C@H]1C(=O)N[C@@H](CC1CC1)C(=O)C(N)=O)C(C)(C)C. The maximum Gasteiger partial charge on any atom is 0.287 e. The molecular weight excluding hydrogens is 550 g/mol. The monoisotopic (exact) mass is 587 g/mol. The summed E-state index contributed by atoms with van der Waals surface area (Å²) in [6.07, 6.45) is 2.70. The molecule has 12 heteroatoms. The van der Waals surface area contributed by atoms with Crippen LogP contribution in [-0.4, -0.2) is 70.3 Å². The first-order valence-electron chi connectivity index (χ1n) is 14.0. The Morgan fingerprint density at radius 3 is 2.49 bits per heavy atom. The van der Waals surface area contributed by atoms with Gasteiger partial charge in [-0.2, -0.15) is 0 Å². The molecule has 3 aliphatic rings. The van der Waals surface area contributed by atoms with Crippen LogP contribution in [0, 0.1) is 11.3 Å². The number of nitrogens with zero attached hydrogens (tertiary/aromatic N) is 2. The second-order valence-electron chi connectivity index (χ2n) is 12.4. The van der Waals surface area contributed by atoms with Gasteiger partial charge in [0.1, 0.15) is 12.1 Å². The van der Waals surface area contributed by atoms with E-state index in [1.807, 2.05) is 26.8 Å². The first kappa shape index (κ1) is 30.5. The van der Waals surface area contributed by atoms with E-state index in [1.165, 1.54) is 4.90 Å². The Hall–Kier alpha value is -3.47. The molecule has 0 unspecified atom stereocenters. The van der Waals surface area contributed by atoms with Crippen LogP contribution in [0.15, 0.2) is 29.4 Å². The fraction of sp³-hybridized carbons (Fsp3) is 0.586. The lowest BCUT2D eigenvalue weighted by Gasteiger charge is -2.35. The third-order valence-electron chi connectivity index (χ3n) is 7.86. The topological polar surface area (TPSA) is 160 Å². The highest BCUT2D eigenvalue weighted by atomic mass is 35.5. The number of halogens is 1. The number of Topliss-reactive ketones (excluding diaryl/α,β-unsaturated/α-hetero) is 1. The number of carbonyl (C=O) groups is 5. The molecule has 2 fully saturated rings. The van der Waals surface area contributed by atoms with E-state index >= 15 is 0 Å². The van der Waals surface area contributed by atoms with Gasteiger partial charge in [0.2, 0.25) is 23.5 Å². The fourth-order valence-corrected chi connectivity index (χ4v) is 5.58. The van der Waals surface area contributed by atoms with Crippen molar-refractivity contribution >= 4 is 46.7 Å². The van der Waals surface area contributed by atoms with Crippen LogP contribution in [0.25, 0.3) is 0 Å². The molecule has 41 heavy (non-hydrogen) atoms. The molecule has 2 aliphatic heterocycles. The van der Waals surface area contributed by atoms with E-state index in [2.05, 4.69) is 15.8 Å². The maximum absolute atomic E-state index is 14.1. The minimum atomic E-state index is -1.12. The van der Waals surface area contributed by atoms with E-state index in [9.17, 15) is 24.0 Å². The molecule has 0 bridgehead atoms. The van der Waals surface area contributed by atoms with Gasteiger partial charge in [0.25, 0.3) is 5.91 Å². The van der Waals surface area contributed by atoms with E-state index < -0.39 is 52.6 Å². The van der Waals surface area contributed by atoms with E-state index in [4.69, 9.17) is 22.2 Å². The Morgan fingerprint density at radius 2 is 1.90 bits per heavy atom. The summed E-state index contributed by atoms with van der Waals surface area (Å²) in [5.41, 5.74) is 4.98. The molecule has 4 rings (SSSR count). The molecule has 2 heterocycles.